The topological polar surface area (TPSA) is 59.0 Å². The van der Waals surface area contributed by atoms with Crippen molar-refractivity contribution in [3.05, 3.63) is 36.7 Å². The molecule has 1 aliphatic rings. The summed E-state index contributed by atoms with van der Waals surface area (Å²) in [6.45, 7) is 1.50. The summed E-state index contributed by atoms with van der Waals surface area (Å²) >= 11 is 0. The molecule has 1 heterocycles. The Balaban J connectivity index is 1.81. The molecule has 3 rings (SSSR count). The van der Waals surface area contributed by atoms with E-state index in [1.165, 1.54) is 19.8 Å². The Kier molecular flexibility index (Phi) is 2.95. The van der Waals surface area contributed by atoms with Crippen molar-refractivity contribution in [1.82, 2.24) is 9.55 Å². The van der Waals surface area contributed by atoms with Gasteiger partial charge in [0.25, 0.3) is 0 Å². The van der Waals surface area contributed by atoms with Crippen LogP contribution in [0.25, 0.3) is 5.69 Å². The van der Waals surface area contributed by atoms with Gasteiger partial charge in [-0.3, -0.25) is 9.36 Å². The molecule has 0 spiro atoms. The molecule has 1 amide bonds. The van der Waals surface area contributed by atoms with Crippen molar-refractivity contribution in [2.45, 2.75) is 25.8 Å². The van der Waals surface area contributed by atoms with Gasteiger partial charge in [0.1, 0.15) is 0 Å². The lowest BCUT2D eigenvalue weighted by Crippen LogP contribution is -2.08. The van der Waals surface area contributed by atoms with Crippen LogP contribution in [0.5, 0.6) is 0 Å². The van der Waals surface area contributed by atoms with E-state index < -0.39 is 0 Å². The number of hydrogen-bond donors (Lipinski definition) is 2. The summed E-state index contributed by atoms with van der Waals surface area (Å²) in [4.78, 5) is 15.3. The van der Waals surface area contributed by atoms with Crippen molar-refractivity contribution >= 4 is 17.5 Å². The first kappa shape index (κ1) is 11.8. The Morgan fingerprint density at radius 2 is 2.05 bits per heavy atom. The predicted molar refractivity (Wildman–Crippen MR) is 74.5 cm³/mol. The van der Waals surface area contributed by atoms with Crippen molar-refractivity contribution in [3.8, 4) is 5.69 Å². The van der Waals surface area contributed by atoms with Crippen molar-refractivity contribution in [3.63, 3.8) is 0 Å². The van der Waals surface area contributed by atoms with Crippen molar-refractivity contribution in [2.75, 3.05) is 10.6 Å². The van der Waals surface area contributed by atoms with Gasteiger partial charge in [-0.25, -0.2) is 4.98 Å². The van der Waals surface area contributed by atoms with Gasteiger partial charge >= 0.3 is 0 Å². The van der Waals surface area contributed by atoms with Crippen LogP contribution in [0.4, 0.5) is 11.6 Å². The molecule has 1 aliphatic carbocycles. The Morgan fingerprint density at radius 3 is 2.68 bits per heavy atom. The molecular formula is C14H16N4O. The van der Waals surface area contributed by atoms with Crippen molar-refractivity contribution in [1.29, 1.82) is 0 Å². The van der Waals surface area contributed by atoms with E-state index in [0.717, 1.165) is 17.3 Å². The molecule has 1 fully saturated rings. The number of imidazole rings is 1. The summed E-state index contributed by atoms with van der Waals surface area (Å²) in [5.41, 5.74) is 1.82. The van der Waals surface area contributed by atoms with E-state index in [1.807, 2.05) is 35.0 Å². The van der Waals surface area contributed by atoms with Crippen LogP contribution >= 0.6 is 0 Å². The number of benzene rings is 1. The van der Waals surface area contributed by atoms with Crippen LogP contribution in [0.15, 0.2) is 36.7 Å². The maximum atomic E-state index is 11.0. The molecule has 2 N–H and O–H groups in total. The van der Waals surface area contributed by atoms with Crippen LogP contribution in [-0.2, 0) is 4.79 Å². The lowest BCUT2D eigenvalue weighted by atomic mass is 10.2. The minimum atomic E-state index is -0.0635. The summed E-state index contributed by atoms with van der Waals surface area (Å²) in [5.74, 6) is 0.807. The number of nitrogens with zero attached hydrogens (tertiary/aromatic N) is 2. The van der Waals surface area contributed by atoms with Gasteiger partial charge in [0.15, 0.2) is 0 Å². The van der Waals surface area contributed by atoms with Crippen LogP contribution in [0, 0.1) is 0 Å². The molecule has 2 aromatic rings. The zero-order valence-electron chi connectivity index (χ0n) is 10.8. The normalized spacial score (nSPS) is 14.2. The van der Waals surface area contributed by atoms with E-state index in [2.05, 4.69) is 15.6 Å². The van der Waals surface area contributed by atoms with E-state index in [9.17, 15) is 4.79 Å². The maximum absolute atomic E-state index is 11.0. The standard InChI is InChI=1S/C14H16N4O/c1-10(19)16-11-4-6-13(7-5-11)18-9-8-15-14(18)17-12-2-3-12/h4-9,12H,2-3H2,1H3,(H,15,17)(H,16,19). The SMILES string of the molecule is CC(=O)Nc1ccc(-n2ccnc2NC2CC2)cc1. The monoisotopic (exact) mass is 256 g/mol. The third-order valence-electron chi connectivity index (χ3n) is 3.02. The third-order valence-corrected chi connectivity index (χ3v) is 3.02. The lowest BCUT2D eigenvalue weighted by molar-refractivity contribution is -0.114. The van der Waals surface area contributed by atoms with Crippen LogP contribution in [-0.4, -0.2) is 21.5 Å². The smallest absolute Gasteiger partial charge is 0.221 e. The maximum Gasteiger partial charge on any atom is 0.221 e. The first-order valence-electron chi connectivity index (χ1n) is 6.40. The first-order chi connectivity index (χ1) is 9.22. The second-order valence-electron chi connectivity index (χ2n) is 4.77. The van der Waals surface area contributed by atoms with Crippen LogP contribution in [0.3, 0.4) is 0 Å². The van der Waals surface area contributed by atoms with Gasteiger partial charge in [-0.15, -0.1) is 0 Å². The summed E-state index contributed by atoms with van der Waals surface area (Å²) < 4.78 is 2.01. The number of hydrogen-bond acceptors (Lipinski definition) is 3. The van der Waals surface area contributed by atoms with Gasteiger partial charge in [-0.2, -0.15) is 0 Å². The van der Waals surface area contributed by atoms with E-state index in [1.54, 1.807) is 6.20 Å². The summed E-state index contributed by atoms with van der Waals surface area (Å²) in [6.07, 6.45) is 6.15. The second-order valence-corrected chi connectivity index (χ2v) is 4.77. The molecule has 98 valence electrons. The Hall–Kier alpha value is -2.30. The van der Waals surface area contributed by atoms with Gasteiger partial charge in [0.2, 0.25) is 11.9 Å². The molecule has 0 unspecified atom stereocenters. The Bertz CT molecular complexity index is 584. The molecule has 0 atom stereocenters. The molecule has 1 aromatic carbocycles. The number of rotatable bonds is 4. The number of carbonyl (C=O) groups excluding carboxylic acids is 1. The highest BCUT2D eigenvalue weighted by Gasteiger charge is 2.22. The largest absolute Gasteiger partial charge is 0.353 e. The third kappa shape index (κ3) is 2.76. The molecule has 0 saturated heterocycles. The Morgan fingerprint density at radius 1 is 1.32 bits per heavy atom. The molecule has 1 aromatic heterocycles. The van der Waals surface area contributed by atoms with Gasteiger partial charge in [0.05, 0.1) is 0 Å². The minimum Gasteiger partial charge on any atom is -0.353 e. The van der Waals surface area contributed by atoms with E-state index in [4.69, 9.17) is 0 Å². The number of anilines is 2. The molecule has 0 radical (unpaired) electrons. The highest BCUT2D eigenvalue weighted by atomic mass is 16.1. The molecular weight excluding hydrogens is 240 g/mol. The fourth-order valence-electron chi connectivity index (χ4n) is 1.94. The van der Waals surface area contributed by atoms with Gasteiger partial charge < -0.3 is 10.6 Å². The average molecular weight is 256 g/mol. The first-order valence-corrected chi connectivity index (χ1v) is 6.40. The molecule has 19 heavy (non-hydrogen) atoms. The van der Waals surface area contributed by atoms with Gasteiger partial charge in [0, 0.05) is 36.7 Å². The zero-order chi connectivity index (χ0) is 13.2. The minimum absolute atomic E-state index is 0.0635. The molecule has 5 nitrogen and oxygen atoms in total. The fraction of sp³-hybridized carbons (Fsp3) is 0.286. The molecule has 0 bridgehead atoms. The Labute approximate surface area is 111 Å². The summed E-state index contributed by atoms with van der Waals surface area (Å²) in [5, 5.41) is 6.15. The lowest BCUT2D eigenvalue weighted by Gasteiger charge is -2.10. The number of carbonyl (C=O) groups is 1. The van der Waals surface area contributed by atoms with Gasteiger partial charge in [-0.05, 0) is 37.1 Å². The van der Waals surface area contributed by atoms with Crippen molar-refractivity contribution < 1.29 is 4.79 Å². The van der Waals surface area contributed by atoms with Crippen molar-refractivity contribution in [2.24, 2.45) is 0 Å². The van der Waals surface area contributed by atoms with E-state index >= 15 is 0 Å². The number of amides is 1. The van der Waals surface area contributed by atoms with Crippen LogP contribution < -0.4 is 10.6 Å². The van der Waals surface area contributed by atoms with Gasteiger partial charge in [-0.1, -0.05) is 0 Å². The zero-order valence-corrected chi connectivity index (χ0v) is 10.8. The van der Waals surface area contributed by atoms with Crippen LogP contribution in [0.2, 0.25) is 0 Å². The molecule has 5 heteroatoms. The molecule has 1 saturated carbocycles. The number of nitrogens with one attached hydrogen (secondary N) is 2. The van der Waals surface area contributed by atoms with Crippen LogP contribution in [0.1, 0.15) is 19.8 Å². The highest BCUT2D eigenvalue weighted by Crippen LogP contribution is 2.25. The predicted octanol–water partition coefficient (Wildman–Crippen LogP) is 2.41. The fourth-order valence-corrected chi connectivity index (χ4v) is 1.94. The number of aromatic nitrogens is 2. The summed E-state index contributed by atoms with van der Waals surface area (Å²) in [7, 11) is 0. The average Bonchev–Trinajstić information content (AvgIpc) is 3.07. The second kappa shape index (κ2) is 4.76. The highest BCUT2D eigenvalue weighted by molar-refractivity contribution is 5.88. The molecule has 0 aliphatic heterocycles. The van der Waals surface area contributed by atoms with E-state index in [-0.39, 0.29) is 5.91 Å². The summed E-state index contributed by atoms with van der Waals surface area (Å²) in [6, 6.07) is 8.27. The quantitative estimate of drug-likeness (QED) is 0.883. The van der Waals surface area contributed by atoms with E-state index in [0.29, 0.717) is 6.04 Å².